The molecular weight excluding hydrogens is 359 g/mol. The highest BCUT2D eigenvalue weighted by Gasteiger charge is 2.25. The Labute approximate surface area is 155 Å². The SMILES string of the molecule is Cc1onc(-c2c(Cl)cccc2Cl)c1C(=Nc1ccccc1)N(C)N. The van der Waals surface area contributed by atoms with Crippen LogP contribution in [-0.2, 0) is 0 Å². The van der Waals surface area contributed by atoms with Crippen molar-refractivity contribution in [1.82, 2.24) is 10.2 Å². The van der Waals surface area contributed by atoms with Crippen LogP contribution >= 0.6 is 23.2 Å². The summed E-state index contributed by atoms with van der Waals surface area (Å²) in [5.41, 5.74) is 2.48. The van der Waals surface area contributed by atoms with Crippen molar-refractivity contribution in [2.24, 2.45) is 10.8 Å². The summed E-state index contributed by atoms with van der Waals surface area (Å²) in [6.45, 7) is 1.79. The number of aliphatic imine (C=N–C) groups is 1. The van der Waals surface area contributed by atoms with Crippen LogP contribution in [0.25, 0.3) is 11.3 Å². The predicted octanol–water partition coefficient (Wildman–Crippen LogP) is 4.84. The van der Waals surface area contributed by atoms with Crippen LogP contribution in [0.3, 0.4) is 0 Å². The Hall–Kier alpha value is -2.34. The van der Waals surface area contributed by atoms with Gasteiger partial charge in [-0.25, -0.2) is 10.8 Å². The molecule has 0 spiro atoms. The number of para-hydroxylation sites is 1. The molecule has 0 amide bonds. The van der Waals surface area contributed by atoms with Crippen LogP contribution in [0.1, 0.15) is 11.3 Å². The summed E-state index contributed by atoms with van der Waals surface area (Å²) in [6, 6.07) is 14.8. The Bertz CT molecular complexity index is 900. The average Bonchev–Trinajstić information content (AvgIpc) is 2.94. The zero-order chi connectivity index (χ0) is 18.0. The van der Waals surface area contributed by atoms with Crippen molar-refractivity contribution in [2.75, 3.05) is 7.05 Å². The van der Waals surface area contributed by atoms with E-state index in [1.165, 1.54) is 5.01 Å². The van der Waals surface area contributed by atoms with E-state index in [1.807, 2.05) is 30.3 Å². The van der Waals surface area contributed by atoms with Gasteiger partial charge in [0.1, 0.15) is 11.5 Å². The highest BCUT2D eigenvalue weighted by Crippen LogP contribution is 2.37. The summed E-state index contributed by atoms with van der Waals surface area (Å²) in [6.07, 6.45) is 0. The van der Waals surface area contributed by atoms with Gasteiger partial charge in [0.25, 0.3) is 0 Å². The third-order valence-electron chi connectivity index (χ3n) is 3.61. The number of halogens is 2. The van der Waals surface area contributed by atoms with Crippen LogP contribution in [0.4, 0.5) is 5.69 Å². The zero-order valence-corrected chi connectivity index (χ0v) is 15.2. The van der Waals surface area contributed by atoms with E-state index in [2.05, 4.69) is 10.1 Å². The topological polar surface area (TPSA) is 67.7 Å². The smallest absolute Gasteiger partial charge is 0.156 e. The number of nitrogens with two attached hydrogens (primary N) is 1. The van der Waals surface area contributed by atoms with E-state index in [1.54, 1.807) is 32.2 Å². The number of aryl methyl sites for hydroxylation is 1. The maximum absolute atomic E-state index is 6.34. The van der Waals surface area contributed by atoms with Crippen molar-refractivity contribution in [3.8, 4) is 11.3 Å². The summed E-state index contributed by atoms with van der Waals surface area (Å²) in [5.74, 6) is 7.10. The molecule has 2 aromatic carbocycles. The van der Waals surface area contributed by atoms with Gasteiger partial charge in [0.2, 0.25) is 0 Å². The standard InChI is InChI=1S/C18H16Cl2N4O/c1-11-15(18(24(2)21)22-12-7-4-3-5-8-12)17(23-25-11)16-13(19)9-6-10-14(16)20/h3-10H,21H2,1-2H3. The van der Waals surface area contributed by atoms with Gasteiger partial charge in [0.05, 0.1) is 21.3 Å². The summed E-state index contributed by atoms with van der Waals surface area (Å²) < 4.78 is 5.40. The number of rotatable bonds is 3. The Balaban J connectivity index is 2.23. The number of hydrazine groups is 1. The Morgan fingerprint density at radius 2 is 1.72 bits per heavy atom. The first-order valence-electron chi connectivity index (χ1n) is 7.52. The molecule has 0 fully saturated rings. The molecule has 128 valence electrons. The number of amidine groups is 1. The molecule has 1 heterocycles. The quantitative estimate of drug-likeness (QED) is 0.308. The number of nitrogens with zero attached hydrogens (tertiary/aromatic N) is 3. The lowest BCUT2D eigenvalue weighted by Crippen LogP contribution is -2.34. The molecule has 3 aromatic rings. The van der Waals surface area contributed by atoms with Gasteiger partial charge >= 0.3 is 0 Å². The lowest BCUT2D eigenvalue weighted by Gasteiger charge is -2.16. The van der Waals surface area contributed by atoms with Crippen LogP contribution in [0.2, 0.25) is 10.0 Å². The summed E-state index contributed by atoms with van der Waals surface area (Å²) >= 11 is 12.7. The fraction of sp³-hybridized carbons (Fsp3) is 0.111. The zero-order valence-electron chi connectivity index (χ0n) is 13.7. The molecule has 0 bridgehead atoms. The third-order valence-corrected chi connectivity index (χ3v) is 4.24. The van der Waals surface area contributed by atoms with Gasteiger partial charge in [0, 0.05) is 12.6 Å². The number of aromatic nitrogens is 1. The molecule has 3 rings (SSSR count). The molecule has 25 heavy (non-hydrogen) atoms. The van der Waals surface area contributed by atoms with E-state index in [9.17, 15) is 0 Å². The van der Waals surface area contributed by atoms with Gasteiger partial charge in [-0.1, -0.05) is 52.6 Å². The second kappa shape index (κ2) is 7.27. The summed E-state index contributed by atoms with van der Waals surface area (Å²) in [7, 11) is 1.70. The van der Waals surface area contributed by atoms with Crippen molar-refractivity contribution in [3.63, 3.8) is 0 Å². The second-order valence-corrected chi connectivity index (χ2v) is 6.26. The molecule has 0 radical (unpaired) electrons. The molecule has 7 heteroatoms. The maximum Gasteiger partial charge on any atom is 0.156 e. The van der Waals surface area contributed by atoms with Crippen LogP contribution in [0.15, 0.2) is 58.0 Å². The van der Waals surface area contributed by atoms with E-state index < -0.39 is 0 Å². The molecule has 0 saturated heterocycles. The van der Waals surface area contributed by atoms with Gasteiger partial charge in [0.15, 0.2) is 5.84 Å². The molecule has 0 aliphatic heterocycles. The van der Waals surface area contributed by atoms with E-state index in [-0.39, 0.29) is 0 Å². The van der Waals surface area contributed by atoms with Crippen molar-refractivity contribution in [3.05, 3.63) is 69.9 Å². The van der Waals surface area contributed by atoms with Crippen LogP contribution in [0.5, 0.6) is 0 Å². The fourth-order valence-electron chi connectivity index (χ4n) is 2.47. The second-order valence-electron chi connectivity index (χ2n) is 5.44. The molecule has 5 nitrogen and oxygen atoms in total. The fourth-order valence-corrected chi connectivity index (χ4v) is 3.04. The molecular formula is C18H16Cl2N4O. The minimum absolute atomic E-state index is 0.473. The molecule has 0 aliphatic rings. The van der Waals surface area contributed by atoms with Gasteiger partial charge in [-0.05, 0) is 31.2 Å². The normalized spacial score (nSPS) is 11.6. The van der Waals surface area contributed by atoms with E-state index in [0.29, 0.717) is 38.5 Å². The molecule has 0 atom stereocenters. The van der Waals surface area contributed by atoms with Crippen molar-refractivity contribution < 1.29 is 4.52 Å². The highest BCUT2D eigenvalue weighted by atomic mass is 35.5. The van der Waals surface area contributed by atoms with Gasteiger partial charge in [-0.15, -0.1) is 0 Å². The van der Waals surface area contributed by atoms with Crippen LogP contribution in [0, 0.1) is 6.92 Å². The molecule has 0 unspecified atom stereocenters. The number of hydrogen-bond donors (Lipinski definition) is 1. The lowest BCUT2D eigenvalue weighted by atomic mass is 10.0. The summed E-state index contributed by atoms with van der Waals surface area (Å²) in [4.78, 5) is 4.64. The summed E-state index contributed by atoms with van der Waals surface area (Å²) in [5, 5.41) is 6.51. The van der Waals surface area contributed by atoms with E-state index in [4.69, 9.17) is 33.6 Å². The first kappa shape index (κ1) is 17.5. The van der Waals surface area contributed by atoms with E-state index in [0.717, 1.165) is 5.69 Å². The van der Waals surface area contributed by atoms with E-state index >= 15 is 0 Å². The first-order valence-corrected chi connectivity index (χ1v) is 8.28. The van der Waals surface area contributed by atoms with Gasteiger partial charge in [-0.3, -0.25) is 5.01 Å². The minimum Gasteiger partial charge on any atom is -0.360 e. The molecule has 0 aliphatic carbocycles. The molecule has 1 aromatic heterocycles. The third kappa shape index (κ3) is 3.54. The van der Waals surface area contributed by atoms with Crippen molar-refractivity contribution >= 4 is 34.7 Å². The van der Waals surface area contributed by atoms with Crippen molar-refractivity contribution in [2.45, 2.75) is 6.92 Å². The van der Waals surface area contributed by atoms with Crippen LogP contribution in [-0.4, -0.2) is 23.0 Å². The lowest BCUT2D eigenvalue weighted by molar-refractivity contribution is 0.399. The van der Waals surface area contributed by atoms with Gasteiger partial charge in [-0.2, -0.15) is 0 Å². The first-order chi connectivity index (χ1) is 12.0. The largest absolute Gasteiger partial charge is 0.360 e. The highest BCUT2D eigenvalue weighted by molar-refractivity contribution is 6.39. The average molecular weight is 375 g/mol. The minimum atomic E-state index is 0.473. The van der Waals surface area contributed by atoms with Gasteiger partial charge < -0.3 is 4.52 Å². The number of benzene rings is 2. The molecule has 0 saturated carbocycles. The predicted molar refractivity (Wildman–Crippen MR) is 101 cm³/mol. The van der Waals surface area contributed by atoms with Crippen LogP contribution < -0.4 is 5.84 Å². The Kier molecular flexibility index (Phi) is 5.08. The number of hydrogen-bond acceptors (Lipinski definition) is 4. The Morgan fingerprint density at radius 3 is 2.32 bits per heavy atom. The monoisotopic (exact) mass is 374 g/mol. The molecule has 2 N–H and O–H groups in total. The Morgan fingerprint density at radius 1 is 1.08 bits per heavy atom. The maximum atomic E-state index is 6.34. The van der Waals surface area contributed by atoms with Crippen molar-refractivity contribution in [1.29, 1.82) is 0 Å².